The molecule has 1 rings (SSSR count). The van der Waals surface area contributed by atoms with Gasteiger partial charge in [0.2, 0.25) is 5.91 Å². The van der Waals surface area contributed by atoms with Crippen molar-refractivity contribution in [3.05, 3.63) is 18.2 Å². The number of halogens is 6. The number of rotatable bonds is 4. The maximum atomic E-state index is 11.8. The SMILES string of the molecule is COc1cc(NC(=O)C(C)(C)C)cc(OC)c1.O=C(C(=O)C(F)(F)F)C(F)(F)F. The molecule has 1 N–H and O–H groups in total. The molecule has 0 heterocycles. The number of ketones is 2. The van der Waals surface area contributed by atoms with Gasteiger partial charge in [0.25, 0.3) is 0 Å². The number of methoxy groups -OCH3 is 2. The average Bonchev–Trinajstić information content (AvgIpc) is 2.58. The second-order valence-corrected chi connectivity index (χ2v) is 6.46. The van der Waals surface area contributed by atoms with Crippen molar-refractivity contribution in [2.75, 3.05) is 19.5 Å². The summed E-state index contributed by atoms with van der Waals surface area (Å²) in [7, 11) is 3.15. The first-order valence-corrected chi connectivity index (χ1v) is 7.70. The molecule has 0 saturated heterocycles. The van der Waals surface area contributed by atoms with E-state index in [-0.39, 0.29) is 5.91 Å². The summed E-state index contributed by atoms with van der Waals surface area (Å²) >= 11 is 0. The highest BCUT2D eigenvalue weighted by atomic mass is 19.4. The summed E-state index contributed by atoms with van der Waals surface area (Å²) in [5.41, 5.74) is 0.233. The third kappa shape index (κ3) is 8.83. The Morgan fingerprint density at radius 2 is 1.10 bits per heavy atom. The maximum absolute atomic E-state index is 11.8. The molecule has 0 unspecified atom stereocenters. The number of hydrogen-bond donors (Lipinski definition) is 1. The van der Waals surface area contributed by atoms with E-state index in [1.165, 1.54) is 0 Å². The number of Topliss-reactive ketones (excluding diaryl/α,β-unsaturated/α-hetero) is 2. The van der Waals surface area contributed by atoms with E-state index in [0.29, 0.717) is 17.2 Å². The van der Waals surface area contributed by atoms with E-state index in [1.807, 2.05) is 20.8 Å². The van der Waals surface area contributed by atoms with Crippen molar-refractivity contribution in [1.29, 1.82) is 0 Å². The molecule has 0 aliphatic heterocycles. The topological polar surface area (TPSA) is 81.7 Å². The van der Waals surface area contributed by atoms with E-state index < -0.39 is 29.3 Å². The van der Waals surface area contributed by atoms with Gasteiger partial charge >= 0.3 is 23.9 Å². The number of ether oxygens (including phenoxy) is 2. The zero-order valence-corrected chi connectivity index (χ0v) is 16.0. The van der Waals surface area contributed by atoms with Gasteiger partial charge in [-0.15, -0.1) is 0 Å². The molecule has 0 fully saturated rings. The summed E-state index contributed by atoms with van der Waals surface area (Å²) in [6.07, 6.45) is -11.5. The van der Waals surface area contributed by atoms with Crippen LogP contribution in [0, 0.1) is 5.41 Å². The van der Waals surface area contributed by atoms with E-state index in [4.69, 9.17) is 9.47 Å². The van der Waals surface area contributed by atoms with E-state index in [0.717, 1.165) is 0 Å². The fourth-order valence-corrected chi connectivity index (χ4v) is 1.46. The minimum absolute atomic E-state index is 0.0483. The van der Waals surface area contributed by atoms with Crippen LogP contribution in [-0.2, 0) is 14.4 Å². The van der Waals surface area contributed by atoms with Gasteiger partial charge in [-0.05, 0) is 0 Å². The third-order valence-corrected chi connectivity index (χ3v) is 3.01. The first kappa shape index (κ1) is 26.2. The molecule has 1 amide bonds. The first-order chi connectivity index (χ1) is 12.9. The minimum Gasteiger partial charge on any atom is -0.497 e. The summed E-state index contributed by atoms with van der Waals surface area (Å²) in [5.74, 6) is -5.57. The number of carbonyl (C=O) groups excluding carboxylic acids is 3. The number of anilines is 1. The van der Waals surface area contributed by atoms with Crippen molar-refractivity contribution in [2.45, 2.75) is 33.1 Å². The minimum atomic E-state index is -5.77. The highest BCUT2D eigenvalue weighted by molar-refractivity contribution is 6.41. The molecule has 1 aromatic rings. The predicted molar refractivity (Wildman–Crippen MR) is 89.8 cm³/mol. The van der Waals surface area contributed by atoms with Crippen molar-refractivity contribution in [3.63, 3.8) is 0 Å². The summed E-state index contributed by atoms with van der Waals surface area (Å²) in [6, 6.07) is 5.27. The lowest BCUT2D eigenvalue weighted by Gasteiger charge is -2.18. The Hall–Kier alpha value is -2.79. The Balaban J connectivity index is 0.000000578. The van der Waals surface area contributed by atoms with Crippen LogP contribution in [0.2, 0.25) is 0 Å². The lowest BCUT2D eigenvalue weighted by molar-refractivity contribution is -0.193. The van der Waals surface area contributed by atoms with Gasteiger partial charge < -0.3 is 14.8 Å². The predicted octanol–water partition coefficient (Wildman–Crippen LogP) is 3.94. The van der Waals surface area contributed by atoms with Crippen LogP contribution in [0.1, 0.15) is 20.8 Å². The van der Waals surface area contributed by atoms with E-state index in [1.54, 1.807) is 32.4 Å². The summed E-state index contributed by atoms with van der Waals surface area (Å²) in [4.78, 5) is 31.1. The fraction of sp³-hybridized carbons (Fsp3) is 0.471. The largest absolute Gasteiger partial charge is 0.497 e. The molecule has 0 radical (unpaired) electrons. The van der Waals surface area contributed by atoms with Crippen molar-refractivity contribution in [2.24, 2.45) is 5.41 Å². The van der Waals surface area contributed by atoms with E-state index in [2.05, 4.69) is 5.32 Å². The molecule has 1 aromatic carbocycles. The fourth-order valence-electron chi connectivity index (χ4n) is 1.46. The molecule has 0 aliphatic carbocycles. The number of nitrogens with one attached hydrogen (secondary N) is 1. The van der Waals surface area contributed by atoms with Crippen LogP contribution in [0.5, 0.6) is 11.5 Å². The maximum Gasteiger partial charge on any atom is 0.458 e. The van der Waals surface area contributed by atoms with Crippen LogP contribution in [-0.4, -0.2) is 44.0 Å². The van der Waals surface area contributed by atoms with Gasteiger partial charge in [0.05, 0.1) is 14.2 Å². The molecule has 29 heavy (non-hydrogen) atoms. The average molecular weight is 431 g/mol. The molecule has 12 heteroatoms. The van der Waals surface area contributed by atoms with Crippen molar-refractivity contribution < 1.29 is 50.2 Å². The highest BCUT2D eigenvalue weighted by Gasteiger charge is 2.54. The molecule has 6 nitrogen and oxygen atoms in total. The second-order valence-electron chi connectivity index (χ2n) is 6.46. The molecule has 0 aromatic heterocycles. The lowest BCUT2D eigenvalue weighted by Crippen LogP contribution is -2.39. The zero-order valence-electron chi connectivity index (χ0n) is 16.0. The molecule has 0 atom stereocenters. The van der Waals surface area contributed by atoms with Crippen molar-refractivity contribution >= 4 is 23.2 Å². The molecule has 0 aliphatic rings. The number of carbonyl (C=O) groups is 3. The van der Waals surface area contributed by atoms with Gasteiger partial charge in [-0.25, -0.2) is 0 Å². The molecule has 0 bridgehead atoms. The monoisotopic (exact) mass is 431 g/mol. The van der Waals surface area contributed by atoms with Gasteiger partial charge in [0.1, 0.15) is 11.5 Å². The standard InChI is InChI=1S/C13H19NO3.C4F6O2/c1-13(2,3)12(15)14-9-6-10(16-4)8-11(7-9)17-5;5-3(6,7)1(11)2(12)4(8,9)10/h6-8H,1-5H3,(H,14,15);. The van der Waals surface area contributed by atoms with Crippen LogP contribution >= 0.6 is 0 Å². The Labute approximate surface area is 162 Å². The van der Waals surface area contributed by atoms with Crippen LogP contribution in [0.25, 0.3) is 0 Å². The Morgan fingerprint density at radius 3 is 1.34 bits per heavy atom. The quantitative estimate of drug-likeness (QED) is 0.577. The van der Waals surface area contributed by atoms with Crippen LogP contribution in [0.3, 0.4) is 0 Å². The normalized spacial score (nSPS) is 11.7. The third-order valence-electron chi connectivity index (χ3n) is 3.01. The lowest BCUT2D eigenvalue weighted by atomic mass is 9.95. The summed E-state index contributed by atoms with van der Waals surface area (Å²) in [5, 5.41) is 2.83. The molecular formula is C17H19F6NO5. The van der Waals surface area contributed by atoms with Gasteiger partial charge in [-0.1, -0.05) is 20.8 Å². The Morgan fingerprint density at radius 1 is 0.759 bits per heavy atom. The second kappa shape index (κ2) is 9.61. The smallest absolute Gasteiger partial charge is 0.458 e. The molecule has 0 spiro atoms. The van der Waals surface area contributed by atoms with Crippen LogP contribution in [0.15, 0.2) is 18.2 Å². The summed E-state index contributed by atoms with van der Waals surface area (Å²) < 4.78 is 77.2. The van der Waals surface area contributed by atoms with Crippen molar-refractivity contribution in [1.82, 2.24) is 0 Å². The Bertz CT molecular complexity index is 704. The van der Waals surface area contributed by atoms with E-state index in [9.17, 15) is 40.7 Å². The Kier molecular flexibility index (Phi) is 8.69. The van der Waals surface area contributed by atoms with Crippen molar-refractivity contribution in [3.8, 4) is 11.5 Å². The zero-order chi connectivity index (χ0) is 23.2. The van der Waals surface area contributed by atoms with Crippen LogP contribution < -0.4 is 14.8 Å². The van der Waals surface area contributed by atoms with Gasteiger partial charge in [0, 0.05) is 29.3 Å². The van der Waals surface area contributed by atoms with E-state index >= 15 is 0 Å². The first-order valence-electron chi connectivity index (χ1n) is 7.70. The van der Waals surface area contributed by atoms with Gasteiger partial charge in [-0.2, -0.15) is 26.3 Å². The van der Waals surface area contributed by atoms with Gasteiger partial charge in [0.15, 0.2) is 0 Å². The molecular weight excluding hydrogens is 412 g/mol. The number of alkyl halides is 6. The molecule has 164 valence electrons. The number of amides is 1. The number of hydrogen-bond acceptors (Lipinski definition) is 5. The van der Waals surface area contributed by atoms with Crippen LogP contribution in [0.4, 0.5) is 32.0 Å². The number of benzene rings is 1. The molecule has 0 saturated carbocycles. The van der Waals surface area contributed by atoms with Gasteiger partial charge in [-0.3, -0.25) is 14.4 Å². The summed E-state index contributed by atoms with van der Waals surface area (Å²) in [6.45, 7) is 5.58. The highest BCUT2D eigenvalue weighted by Crippen LogP contribution is 2.27.